The van der Waals surface area contributed by atoms with Crippen molar-refractivity contribution < 1.29 is 4.39 Å². The SMILES string of the molecule is Cc1cc2c(cnn2-c2ccc(F)cc2)cc1C12CC1CN(Sc1cnn(C)c1)C2.Clc1ccccc1. The molecule has 5 aromatic rings. The minimum atomic E-state index is -0.234. The van der Waals surface area contributed by atoms with Gasteiger partial charge in [0.15, 0.2) is 0 Å². The summed E-state index contributed by atoms with van der Waals surface area (Å²) in [6.07, 6.45) is 7.19. The van der Waals surface area contributed by atoms with Crippen LogP contribution in [0.25, 0.3) is 16.6 Å². The number of hydrogen-bond acceptors (Lipinski definition) is 4. The molecule has 3 heterocycles. The Hall–Kier alpha value is -3.13. The number of aromatic nitrogens is 4. The van der Waals surface area contributed by atoms with Crippen molar-refractivity contribution >= 4 is 34.5 Å². The predicted octanol–water partition coefficient (Wildman–Crippen LogP) is 6.83. The van der Waals surface area contributed by atoms with Gasteiger partial charge in [-0.15, -0.1) is 0 Å². The van der Waals surface area contributed by atoms with E-state index >= 15 is 0 Å². The zero-order chi connectivity index (χ0) is 25.6. The number of hydrogen-bond donors (Lipinski definition) is 0. The highest BCUT2D eigenvalue weighted by atomic mass is 35.5. The smallest absolute Gasteiger partial charge is 0.123 e. The molecule has 37 heavy (non-hydrogen) atoms. The third-order valence-electron chi connectivity index (χ3n) is 7.29. The van der Waals surface area contributed by atoms with Crippen molar-refractivity contribution in [1.29, 1.82) is 0 Å². The predicted molar refractivity (Wildman–Crippen MR) is 148 cm³/mol. The van der Waals surface area contributed by atoms with Gasteiger partial charge in [0, 0.05) is 42.2 Å². The standard InChI is InChI=1S/C23H22FN5S.C6H5Cl/c1-15-7-22-16(10-26-29(22)19-5-3-18(24)4-6-19)8-21(15)23-9-17(23)12-28(14-23)30-20-11-25-27(2)13-20;7-6-4-2-1-3-5-6/h3-8,10-11,13,17H,9,12,14H2,1-2H3;1-5H. The van der Waals surface area contributed by atoms with Crippen molar-refractivity contribution in [3.05, 3.63) is 107 Å². The zero-order valence-corrected chi connectivity index (χ0v) is 22.3. The van der Waals surface area contributed by atoms with Gasteiger partial charge in [0.2, 0.25) is 0 Å². The lowest BCUT2D eigenvalue weighted by Gasteiger charge is -2.21. The van der Waals surface area contributed by atoms with Crippen LogP contribution in [0.1, 0.15) is 17.5 Å². The molecule has 2 unspecified atom stereocenters. The summed E-state index contributed by atoms with van der Waals surface area (Å²) in [6, 6.07) is 20.5. The molecule has 2 aromatic heterocycles. The first-order chi connectivity index (χ1) is 17.9. The molecule has 1 saturated heterocycles. The van der Waals surface area contributed by atoms with Gasteiger partial charge in [-0.25, -0.2) is 13.4 Å². The topological polar surface area (TPSA) is 38.9 Å². The Bertz CT molecular complexity index is 1550. The third kappa shape index (κ3) is 4.79. The first kappa shape index (κ1) is 24.2. The van der Waals surface area contributed by atoms with Crippen LogP contribution in [0.3, 0.4) is 0 Å². The summed E-state index contributed by atoms with van der Waals surface area (Å²) in [5, 5.41) is 10.8. The molecule has 2 aliphatic rings. The highest BCUT2D eigenvalue weighted by Crippen LogP contribution is 2.61. The molecule has 5 nitrogen and oxygen atoms in total. The first-order valence-corrected chi connectivity index (χ1v) is 13.4. The molecule has 188 valence electrons. The van der Waals surface area contributed by atoms with Gasteiger partial charge in [-0.05, 0) is 90.9 Å². The van der Waals surface area contributed by atoms with Crippen LogP contribution in [0.2, 0.25) is 5.02 Å². The van der Waals surface area contributed by atoms with E-state index < -0.39 is 0 Å². The second kappa shape index (κ2) is 9.63. The lowest BCUT2D eigenvalue weighted by Crippen LogP contribution is -2.21. The summed E-state index contributed by atoms with van der Waals surface area (Å²) in [5.41, 5.74) is 4.96. The summed E-state index contributed by atoms with van der Waals surface area (Å²) in [6.45, 7) is 4.39. The molecule has 0 N–H and O–H groups in total. The minimum absolute atomic E-state index is 0.234. The van der Waals surface area contributed by atoms with E-state index in [0.717, 1.165) is 34.7 Å². The zero-order valence-electron chi connectivity index (χ0n) is 20.7. The lowest BCUT2D eigenvalue weighted by atomic mass is 9.90. The van der Waals surface area contributed by atoms with Crippen molar-refractivity contribution in [2.75, 3.05) is 13.1 Å². The van der Waals surface area contributed by atoms with Crippen LogP contribution in [0, 0.1) is 18.7 Å². The van der Waals surface area contributed by atoms with Crippen LogP contribution < -0.4 is 0 Å². The summed E-state index contributed by atoms with van der Waals surface area (Å²) in [5.74, 6) is 0.479. The Kier molecular flexibility index (Phi) is 6.31. The van der Waals surface area contributed by atoms with Crippen LogP contribution in [0.5, 0.6) is 0 Å². The molecular formula is C29H27ClFN5S. The van der Waals surface area contributed by atoms with Gasteiger partial charge < -0.3 is 0 Å². The molecule has 1 saturated carbocycles. The highest BCUT2D eigenvalue weighted by Gasteiger charge is 2.61. The first-order valence-electron chi connectivity index (χ1n) is 12.3. The van der Waals surface area contributed by atoms with Crippen molar-refractivity contribution in [1.82, 2.24) is 23.9 Å². The average Bonchev–Trinajstić information content (AvgIpc) is 3.20. The Morgan fingerprint density at radius 3 is 2.49 bits per heavy atom. The average molecular weight is 532 g/mol. The van der Waals surface area contributed by atoms with Gasteiger partial charge in [-0.2, -0.15) is 10.2 Å². The second-order valence-corrected chi connectivity index (χ2v) is 11.5. The van der Waals surface area contributed by atoms with Gasteiger partial charge in [-0.1, -0.05) is 29.8 Å². The van der Waals surface area contributed by atoms with E-state index in [2.05, 4.69) is 39.8 Å². The van der Waals surface area contributed by atoms with Crippen LogP contribution in [-0.4, -0.2) is 37.0 Å². The Morgan fingerprint density at radius 2 is 1.81 bits per heavy atom. The molecular weight excluding hydrogens is 505 g/mol. The number of benzene rings is 3. The fraction of sp³-hybridized carbons (Fsp3) is 0.241. The monoisotopic (exact) mass is 531 g/mol. The van der Waals surface area contributed by atoms with Gasteiger partial charge in [0.25, 0.3) is 0 Å². The second-order valence-electron chi connectivity index (χ2n) is 9.87. The molecule has 7 rings (SSSR count). The summed E-state index contributed by atoms with van der Waals surface area (Å²) in [7, 11) is 1.96. The van der Waals surface area contributed by atoms with Crippen molar-refractivity contribution in [3.63, 3.8) is 0 Å². The van der Waals surface area contributed by atoms with Gasteiger partial charge in [-0.3, -0.25) is 4.68 Å². The molecule has 0 bridgehead atoms. The number of halogens is 2. The number of nitrogens with zero attached hydrogens (tertiary/aromatic N) is 5. The van der Waals surface area contributed by atoms with E-state index in [0.29, 0.717) is 5.92 Å². The van der Waals surface area contributed by atoms with E-state index in [1.54, 1.807) is 12.1 Å². The van der Waals surface area contributed by atoms with Gasteiger partial charge in [0.05, 0.1) is 28.5 Å². The van der Waals surface area contributed by atoms with E-state index in [4.69, 9.17) is 11.6 Å². The number of rotatable bonds is 4. The van der Waals surface area contributed by atoms with E-state index in [1.165, 1.54) is 34.6 Å². The Morgan fingerprint density at radius 1 is 1.03 bits per heavy atom. The van der Waals surface area contributed by atoms with E-state index in [9.17, 15) is 4.39 Å². The van der Waals surface area contributed by atoms with Crippen LogP contribution in [0.4, 0.5) is 4.39 Å². The molecule has 1 aliphatic heterocycles. The van der Waals surface area contributed by atoms with E-state index in [-0.39, 0.29) is 11.2 Å². The van der Waals surface area contributed by atoms with Gasteiger partial charge in [0.1, 0.15) is 5.82 Å². The van der Waals surface area contributed by atoms with Gasteiger partial charge >= 0.3 is 0 Å². The lowest BCUT2D eigenvalue weighted by molar-refractivity contribution is 0.499. The molecule has 2 fully saturated rings. The number of fused-ring (bicyclic) bond motifs is 2. The molecule has 1 aliphatic carbocycles. The fourth-order valence-electron chi connectivity index (χ4n) is 5.44. The van der Waals surface area contributed by atoms with Crippen molar-refractivity contribution in [2.24, 2.45) is 13.0 Å². The maximum absolute atomic E-state index is 13.3. The molecule has 3 aromatic carbocycles. The maximum Gasteiger partial charge on any atom is 0.123 e. The van der Waals surface area contributed by atoms with Crippen LogP contribution >= 0.6 is 23.5 Å². The van der Waals surface area contributed by atoms with Crippen LogP contribution in [0.15, 0.2) is 90.2 Å². The summed E-state index contributed by atoms with van der Waals surface area (Å²) < 4.78 is 19.5. The van der Waals surface area contributed by atoms with Crippen LogP contribution in [-0.2, 0) is 12.5 Å². The van der Waals surface area contributed by atoms with Crippen molar-refractivity contribution in [3.8, 4) is 5.69 Å². The summed E-state index contributed by atoms with van der Waals surface area (Å²) >= 11 is 7.35. The number of aryl methyl sites for hydroxylation is 2. The molecule has 2 atom stereocenters. The normalized spacial score (nSPS) is 20.5. The van der Waals surface area contributed by atoms with E-state index in [1.807, 2.05) is 71.1 Å². The largest absolute Gasteiger partial charge is 0.275 e. The molecule has 0 radical (unpaired) electrons. The molecule has 0 spiro atoms. The third-order valence-corrected chi connectivity index (χ3v) is 8.50. The molecule has 8 heteroatoms. The van der Waals surface area contributed by atoms with Crippen molar-refractivity contribution in [2.45, 2.75) is 23.7 Å². The Balaban J connectivity index is 0.000000314. The fourth-order valence-corrected chi connectivity index (χ4v) is 6.72. The minimum Gasteiger partial charge on any atom is -0.275 e. The number of piperidine rings is 1. The highest BCUT2D eigenvalue weighted by molar-refractivity contribution is 7.97. The quantitative estimate of drug-likeness (QED) is 0.238. The summed E-state index contributed by atoms with van der Waals surface area (Å²) in [4.78, 5) is 1.20. The maximum atomic E-state index is 13.3. The molecule has 0 amide bonds. The Labute approximate surface area is 225 Å².